The van der Waals surface area contributed by atoms with Crippen LogP contribution in [0.25, 0.3) is 0 Å². The summed E-state index contributed by atoms with van der Waals surface area (Å²) in [7, 11) is 0. The van der Waals surface area contributed by atoms with Gasteiger partial charge in [-0.15, -0.1) is 0 Å². The zero-order chi connectivity index (χ0) is 16.1. The van der Waals surface area contributed by atoms with Crippen LogP contribution >= 0.6 is 0 Å². The quantitative estimate of drug-likeness (QED) is 0.927. The maximum absolute atomic E-state index is 13.0. The van der Waals surface area contributed by atoms with Gasteiger partial charge in [-0.05, 0) is 43.7 Å². The number of carbonyl (C=O) groups excluding carboxylic acids is 1. The van der Waals surface area contributed by atoms with E-state index >= 15 is 0 Å². The lowest BCUT2D eigenvalue weighted by atomic mass is 9.95. The second-order valence-corrected chi connectivity index (χ2v) is 6.92. The molecule has 0 bridgehead atoms. The van der Waals surface area contributed by atoms with E-state index in [4.69, 9.17) is 0 Å². The molecule has 1 N–H and O–H groups in total. The van der Waals surface area contributed by atoms with Gasteiger partial charge in [0, 0.05) is 26.2 Å². The number of piperidine rings is 2. The Labute approximate surface area is 139 Å². The number of rotatable bonds is 4. The van der Waals surface area contributed by atoms with E-state index in [1.54, 1.807) is 0 Å². The lowest BCUT2D eigenvalue weighted by Crippen LogP contribution is -2.52. The Morgan fingerprint density at radius 3 is 2.48 bits per heavy atom. The molecule has 4 nitrogen and oxygen atoms in total. The first-order valence-corrected chi connectivity index (χ1v) is 8.95. The summed E-state index contributed by atoms with van der Waals surface area (Å²) in [6.07, 6.45) is 5.19. The largest absolute Gasteiger partial charge is 0.396 e. The van der Waals surface area contributed by atoms with E-state index in [0.717, 1.165) is 51.9 Å². The molecule has 2 aliphatic rings. The molecule has 2 heterocycles. The molecule has 0 aliphatic carbocycles. The van der Waals surface area contributed by atoms with Crippen molar-refractivity contribution in [2.75, 3.05) is 26.2 Å². The summed E-state index contributed by atoms with van der Waals surface area (Å²) in [6.45, 7) is 3.74. The number of amides is 1. The molecule has 2 saturated heterocycles. The summed E-state index contributed by atoms with van der Waals surface area (Å²) in [5.41, 5.74) is 1.28. The number of nitrogens with zero attached hydrogens (tertiary/aromatic N) is 2. The fraction of sp³-hybridized carbons (Fsp3) is 0.632. The predicted molar refractivity (Wildman–Crippen MR) is 90.9 cm³/mol. The minimum atomic E-state index is 0.0367. The standard InChI is InChI=1S/C19H28N2O2/c22-15-17-9-12-20(13-10-17)19(23)18-8-4-5-11-21(18)14-16-6-2-1-3-7-16/h1-3,6-7,17-18,22H,4-5,8-15H2. The maximum Gasteiger partial charge on any atom is 0.239 e. The van der Waals surface area contributed by atoms with Gasteiger partial charge in [-0.2, -0.15) is 0 Å². The fourth-order valence-electron chi connectivity index (χ4n) is 3.82. The molecule has 126 valence electrons. The number of hydrogen-bond donors (Lipinski definition) is 1. The molecule has 0 spiro atoms. The Kier molecular flexibility index (Phi) is 5.68. The van der Waals surface area contributed by atoms with Crippen molar-refractivity contribution in [3.8, 4) is 0 Å². The fourth-order valence-corrected chi connectivity index (χ4v) is 3.82. The number of benzene rings is 1. The molecule has 4 heteroatoms. The Hall–Kier alpha value is -1.39. The van der Waals surface area contributed by atoms with E-state index in [1.807, 2.05) is 11.0 Å². The van der Waals surface area contributed by atoms with E-state index in [1.165, 1.54) is 12.0 Å². The minimum absolute atomic E-state index is 0.0367. The van der Waals surface area contributed by atoms with Crippen molar-refractivity contribution in [1.82, 2.24) is 9.80 Å². The molecule has 0 saturated carbocycles. The highest BCUT2D eigenvalue weighted by molar-refractivity contribution is 5.82. The van der Waals surface area contributed by atoms with Crippen molar-refractivity contribution >= 4 is 5.91 Å². The van der Waals surface area contributed by atoms with Crippen molar-refractivity contribution in [2.24, 2.45) is 5.92 Å². The molecule has 1 aromatic carbocycles. The Balaban J connectivity index is 1.63. The average molecular weight is 316 g/mol. The number of aliphatic hydroxyl groups excluding tert-OH is 1. The molecule has 23 heavy (non-hydrogen) atoms. The highest BCUT2D eigenvalue weighted by Gasteiger charge is 2.33. The normalized spacial score (nSPS) is 23.9. The van der Waals surface area contributed by atoms with Crippen LogP contribution in [0.4, 0.5) is 0 Å². The van der Waals surface area contributed by atoms with Crippen LogP contribution in [0.1, 0.15) is 37.7 Å². The monoisotopic (exact) mass is 316 g/mol. The van der Waals surface area contributed by atoms with Gasteiger partial charge in [-0.25, -0.2) is 0 Å². The molecule has 1 unspecified atom stereocenters. The topological polar surface area (TPSA) is 43.8 Å². The molecular weight excluding hydrogens is 288 g/mol. The SMILES string of the molecule is O=C(C1CCCCN1Cc1ccccc1)N1CCC(CO)CC1. The van der Waals surface area contributed by atoms with Gasteiger partial charge in [0.25, 0.3) is 0 Å². The van der Waals surface area contributed by atoms with Crippen molar-refractivity contribution in [2.45, 2.75) is 44.7 Å². The molecule has 1 atom stereocenters. The molecular formula is C19H28N2O2. The molecule has 0 radical (unpaired) electrons. The van der Waals surface area contributed by atoms with Gasteiger partial charge >= 0.3 is 0 Å². The van der Waals surface area contributed by atoms with Gasteiger partial charge in [0.2, 0.25) is 5.91 Å². The molecule has 1 amide bonds. The van der Waals surface area contributed by atoms with Crippen LogP contribution in [0, 0.1) is 5.92 Å². The van der Waals surface area contributed by atoms with Gasteiger partial charge in [0.1, 0.15) is 0 Å². The van der Waals surface area contributed by atoms with Crippen molar-refractivity contribution in [3.63, 3.8) is 0 Å². The zero-order valence-electron chi connectivity index (χ0n) is 13.9. The smallest absolute Gasteiger partial charge is 0.239 e. The van der Waals surface area contributed by atoms with E-state index in [-0.39, 0.29) is 12.6 Å². The Bertz CT molecular complexity index is 497. The average Bonchev–Trinajstić information content (AvgIpc) is 2.62. The lowest BCUT2D eigenvalue weighted by molar-refractivity contribution is -0.140. The maximum atomic E-state index is 13.0. The third-order valence-electron chi connectivity index (χ3n) is 5.31. The first-order chi connectivity index (χ1) is 11.3. The van der Waals surface area contributed by atoms with Gasteiger partial charge in [0.05, 0.1) is 6.04 Å². The zero-order valence-corrected chi connectivity index (χ0v) is 13.9. The van der Waals surface area contributed by atoms with Gasteiger partial charge in [-0.3, -0.25) is 9.69 Å². The summed E-state index contributed by atoms with van der Waals surface area (Å²) in [5, 5.41) is 9.26. The first kappa shape index (κ1) is 16.5. The van der Waals surface area contributed by atoms with Gasteiger partial charge < -0.3 is 10.0 Å². The predicted octanol–water partition coefficient (Wildman–Crippen LogP) is 2.27. The lowest BCUT2D eigenvalue weighted by Gasteiger charge is -2.40. The van der Waals surface area contributed by atoms with Gasteiger partial charge in [-0.1, -0.05) is 36.8 Å². The van der Waals surface area contributed by atoms with E-state index < -0.39 is 0 Å². The third-order valence-corrected chi connectivity index (χ3v) is 5.31. The summed E-state index contributed by atoms with van der Waals surface area (Å²) in [5.74, 6) is 0.683. The summed E-state index contributed by atoms with van der Waals surface area (Å²) in [4.78, 5) is 17.4. The number of hydrogen-bond acceptors (Lipinski definition) is 3. The Morgan fingerprint density at radius 1 is 1.04 bits per heavy atom. The van der Waals surface area contributed by atoms with Crippen LogP contribution in [-0.4, -0.2) is 53.1 Å². The first-order valence-electron chi connectivity index (χ1n) is 8.95. The van der Waals surface area contributed by atoms with Crippen LogP contribution in [0.5, 0.6) is 0 Å². The van der Waals surface area contributed by atoms with Crippen molar-refractivity contribution in [3.05, 3.63) is 35.9 Å². The summed E-state index contributed by atoms with van der Waals surface area (Å²) < 4.78 is 0. The van der Waals surface area contributed by atoms with Crippen LogP contribution < -0.4 is 0 Å². The number of likely N-dealkylation sites (tertiary alicyclic amines) is 2. The summed E-state index contributed by atoms with van der Waals surface area (Å²) in [6, 6.07) is 10.5. The number of aliphatic hydroxyl groups is 1. The molecule has 2 aliphatic heterocycles. The van der Waals surface area contributed by atoms with Gasteiger partial charge in [0.15, 0.2) is 0 Å². The van der Waals surface area contributed by atoms with E-state index in [2.05, 4.69) is 29.2 Å². The molecule has 2 fully saturated rings. The molecule has 3 rings (SSSR count). The highest BCUT2D eigenvalue weighted by Crippen LogP contribution is 2.24. The second-order valence-electron chi connectivity index (χ2n) is 6.92. The number of carbonyl (C=O) groups is 1. The minimum Gasteiger partial charge on any atom is -0.396 e. The van der Waals surface area contributed by atoms with Crippen LogP contribution in [0.15, 0.2) is 30.3 Å². The van der Waals surface area contributed by atoms with Crippen LogP contribution in [0.2, 0.25) is 0 Å². The van der Waals surface area contributed by atoms with E-state index in [9.17, 15) is 9.90 Å². The van der Waals surface area contributed by atoms with Crippen molar-refractivity contribution in [1.29, 1.82) is 0 Å². The summed E-state index contributed by atoms with van der Waals surface area (Å²) >= 11 is 0. The van der Waals surface area contributed by atoms with E-state index in [0.29, 0.717) is 11.8 Å². The molecule has 0 aromatic heterocycles. The third kappa shape index (κ3) is 4.12. The van der Waals surface area contributed by atoms with Crippen LogP contribution in [0.3, 0.4) is 0 Å². The molecule has 1 aromatic rings. The van der Waals surface area contributed by atoms with Crippen LogP contribution in [-0.2, 0) is 11.3 Å². The highest BCUT2D eigenvalue weighted by atomic mass is 16.3. The Morgan fingerprint density at radius 2 is 1.78 bits per heavy atom. The van der Waals surface area contributed by atoms with Crippen molar-refractivity contribution < 1.29 is 9.90 Å². The second kappa shape index (κ2) is 7.93.